The van der Waals surface area contributed by atoms with E-state index < -0.39 is 11.7 Å². The first-order chi connectivity index (χ1) is 17.4. The number of hydrogen-bond acceptors (Lipinski definition) is 5. The molecule has 4 aromatic rings. The maximum atomic E-state index is 15.7. The van der Waals surface area contributed by atoms with Crippen LogP contribution in [-0.4, -0.2) is 38.8 Å². The number of aromatic nitrogens is 3. The second-order valence-electron chi connectivity index (χ2n) is 8.85. The first-order valence-corrected chi connectivity index (χ1v) is 11.8. The number of aryl methyl sites for hydroxylation is 1. The molecular weight excluding hydrogens is 463 g/mol. The molecule has 5 rings (SSSR count). The molecule has 1 saturated heterocycles. The van der Waals surface area contributed by atoms with Gasteiger partial charge in [0.15, 0.2) is 17.9 Å². The van der Waals surface area contributed by atoms with Crippen LogP contribution in [0.1, 0.15) is 52.6 Å². The number of ether oxygens (including phenoxy) is 2. The Hall–Kier alpha value is -3.82. The molecule has 185 valence electrons. The van der Waals surface area contributed by atoms with Crippen LogP contribution < -0.4 is 5.32 Å². The fourth-order valence-corrected chi connectivity index (χ4v) is 4.40. The summed E-state index contributed by atoms with van der Waals surface area (Å²) in [5, 5.41) is 6.85. The van der Waals surface area contributed by atoms with Crippen molar-refractivity contribution in [2.75, 3.05) is 11.9 Å². The van der Waals surface area contributed by atoms with Crippen LogP contribution in [0.25, 0.3) is 16.6 Å². The third-order valence-corrected chi connectivity index (χ3v) is 6.19. The van der Waals surface area contributed by atoms with E-state index in [0.717, 1.165) is 19.3 Å². The lowest BCUT2D eigenvalue weighted by Gasteiger charge is -2.23. The maximum Gasteiger partial charge on any atom is 0.257 e. The Morgan fingerprint density at radius 2 is 2.17 bits per heavy atom. The smallest absolute Gasteiger partial charge is 0.257 e. The van der Waals surface area contributed by atoms with Gasteiger partial charge in [0, 0.05) is 44.1 Å². The van der Waals surface area contributed by atoms with Gasteiger partial charge < -0.3 is 19.2 Å². The molecule has 1 aromatic carbocycles. The number of carbonyl (C=O) groups excluding carboxylic acids is 2. The summed E-state index contributed by atoms with van der Waals surface area (Å²) in [6.07, 6.45) is 7.46. The van der Waals surface area contributed by atoms with Crippen LogP contribution in [0.4, 0.5) is 10.1 Å². The molecule has 1 fully saturated rings. The Morgan fingerprint density at radius 1 is 1.31 bits per heavy atom. The van der Waals surface area contributed by atoms with Crippen molar-refractivity contribution in [2.45, 2.75) is 39.1 Å². The van der Waals surface area contributed by atoms with Gasteiger partial charge in [-0.25, -0.2) is 4.39 Å². The number of nitrogens with one attached hydrogen (secondary N) is 1. The fourth-order valence-electron chi connectivity index (χ4n) is 4.40. The number of fused-ring (bicyclic) bond motifs is 1. The van der Waals surface area contributed by atoms with Crippen molar-refractivity contribution in [3.8, 4) is 11.1 Å². The molecule has 36 heavy (non-hydrogen) atoms. The van der Waals surface area contributed by atoms with Crippen molar-refractivity contribution >= 4 is 22.9 Å². The summed E-state index contributed by atoms with van der Waals surface area (Å²) in [7, 11) is 1.75. The molecule has 0 bridgehead atoms. The lowest BCUT2D eigenvalue weighted by molar-refractivity contribution is -0.168. The largest absolute Gasteiger partial charge is 0.353 e. The van der Waals surface area contributed by atoms with Crippen LogP contribution in [0, 0.1) is 11.9 Å². The second-order valence-corrected chi connectivity index (χ2v) is 8.85. The number of hydrogen-bond donors (Lipinski definition) is 1. The minimum Gasteiger partial charge on any atom is -0.353 e. The minimum atomic E-state index is -0.587. The predicted molar refractivity (Wildman–Crippen MR) is 131 cm³/mol. The van der Waals surface area contributed by atoms with Crippen molar-refractivity contribution < 1.29 is 23.5 Å². The number of ketones is 1. The molecule has 0 saturated carbocycles. The highest BCUT2D eigenvalue weighted by Crippen LogP contribution is 2.31. The molecule has 1 aliphatic rings. The van der Waals surface area contributed by atoms with E-state index in [9.17, 15) is 9.59 Å². The number of rotatable bonds is 7. The number of anilines is 1. The standard InChI is InChI=1S/C27H26FN4O4/c1-17(33)24-13-21(23-7-3-5-9-32(23)24)27(34)30-22-12-18(16-36-25-8-4-6-10-35-25)11-20(26(22)28)19-14-29-31(2)15-19/h5,7,9,11-15,25H,4,6,8,10,16H2,1-2H3,(H,30,34). The van der Waals surface area contributed by atoms with Gasteiger partial charge >= 0.3 is 0 Å². The zero-order chi connectivity index (χ0) is 25.2. The molecule has 1 N–H and O–H groups in total. The van der Waals surface area contributed by atoms with Gasteiger partial charge in [-0.15, -0.1) is 0 Å². The maximum absolute atomic E-state index is 15.7. The Bertz CT molecular complexity index is 1440. The van der Waals surface area contributed by atoms with Gasteiger partial charge in [-0.05, 0) is 61.2 Å². The molecular formula is C27H26FN4O4. The normalized spacial score (nSPS) is 15.8. The van der Waals surface area contributed by atoms with Crippen molar-refractivity contribution in [3.05, 3.63) is 77.6 Å². The lowest BCUT2D eigenvalue weighted by Crippen LogP contribution is -2.22. The first-order valence-electron chi connectivity index (χ1n) is 11.8. The van der Waals surface area contributed by atoms with Crippen LogP contribution >= 0.6 is 0 Å². The Morgan fingerprint density at radius 3 is 2.89 bits per heavy atom. The summed E-state index contributed by atoms with van der Waals surface area (Å²) in [5.74, 6) is -1.32. The Kier molecular flexibility index (Phi) is 6.67. The summed E-state index contributed by atoms with van der Waals surface area (Å²) in [6.45, 7) is 2.28. The van der Waals surface area contributed by atoms with Gasteiger partial charge in [0.1, 0.15) is 0 Å². The molecule has 1 unspecified atom stereocenters. The highest BCUT2D eigenvalue weighted by molar-refractivity contribution is 6.11. The SMILES string of the molecule is CC(=O)c1cc(C(=O)Nc2cc(COC3CCCCO3)cc(-c3cnn(C)c3)c2F)c2c[c]ccn12. The van der Waals surface area contributed by atoms with Crippen LogP contribution in [0.15, 0.2) is 48.9 Å². The number of carbonyl (C=O) groups is 2. The molecule has 1 radical (unpaired) electrons. The molecule has 4 heterocycles. The summed E-state index contributed by atoms with van der Waals surface area (Å²) in [6, 6.07) is 11.0. The number of pyridine rings is 1. The number of benzene rings is 1. The molecule has 1 aliphatic heterocycles. The van der Waals surface area contributed by atoms with E-state index in [-0.39, 0.29) is 29.9 Å². The van der Waals surface area contributed by atoms with E-state index in [1.54, 1.807) is 59.0 Å². The molecule has 9 heteroatoms. The van der Waals surface area contributed by atoms with E-state index in [4.69, 9.17) is 9.47 Å². The van der Waals surface area contributed by atoms with Gasteiger partial charge in [0.05, 0.1) is 35.3 Å². The van der Waals surface area contributed by atoms with Crippen molar-refractivity contribution in [2.24, 2.45) is 7.05 Å². The molecule has 1 atom stereocenters. The zero-order valence-corrected chi connectivity index (χ0v) is 20.1. The van der Waals surface area contributed by atoms with Crippen molar-refractivity contribution in [1.82, 2.24) is 14.2 Å². The highest BCUT2D eigenvalue weighted by Gasteiger charge is 2.21. The van der Waals surface area contributed by atoms with E-state index in [2.05, 4.69) is 16.5 Å². The topological polar surface area (TPSA) is 86.9 Å². The quantitative estimate of drug-likeness (QED) is 0.378. The summed E-state index contributed by atoms with van der Waals surface area (Å²) < 4.78 is 30.4. The van der Waals surface area contributed by atoms with Crippen molar-refractivity contribution in [3.63, 3.8) is 0 Å². The molecule has 8 nitrogen and oxygen atoms in total. The number of nitrogens with zero attached hydrogens (tertiary/aromatic N) is 3. The fraction of sp³-hybridized carbons (Fsp3) is 0.296. The van der Waals surface area contributed by atoms with E-state index in [1.165, 1.54) is 13.0 Å². The van der Waals surface area contributed by atoms with E-state index >= 15 is 4.39 Å². The van der Waals surface area contributed by atoms with Gasteiger partial charge in [-0.1, -0.05) is 0 Å². The van der Waals surface area contributed by atoms with Gasteiger partial charge in [0.25, 0.3) is 5.91 Å². The minimum absolute atomic E-state index is 0.00755. The Labute approximate surface area is 207 Å². The molecule has 0 aliphatic carbocycles. The first kappa shape index (κ1) is 23.9. The molecule has 0 spiro atoms. The average molecular weight is 490 g/mol. The predicted octanol–water partition coefficient (Wildman–Crippen LogP) is 4.78. The van der Waals surface area contributed by atoms with Crippen LogP contribution in [0.3, 0.4) is 0 Å². The molecule has 1 amide bonds. The summed E-state index contributed by atoms with van der Waals surface area (Å²) in [4.78, 5) is 25.4. The third kappa shape index (κ3) is 4.80. The zero-order valence-electron chi connectivity index (χ0n) is 20.1. The summed E-state index contributed by atoms with van der Waals surface area (Å²) in [5.41, 5.74) is 2.66. The Balaban J connectivity index is 1.49. The average Bonchev–Trinajstić information content (AvgIpc) is 3.49. The van der Waals surface area contributed by atoms with Crippen LogP contribution in [0.2, 0.25) is 0 Å². The van der Waals surface area contributed by atoms with E-state index in [1.807, 2.05) is 0 Å². The van der Waals surface area contributed by atoms with Crippen LogP contribution in [0.5, 0.6) is 0 Å². The lowest BCUT2D eigenvalue weighted by atomic mass is 10.0. The third-order valence-electron chi connectivity index (χ3n) is 6.19. The van der Waals surface area contributed by atoms with Crippen molar-refractivity contribution in [1.29, 1.82) is 0 Å². The van der Waals surface area contributed by atoms with Gasteiger partial charge in [-0.2, -0.15) is 5.10 Å². The van der Waals surface area contributed by atoms with Gasteiger partial charge in [0.2, 0.25) is 0 Å². The number of amides is 1. The van der Waals surface area contributed by atoms with E-state index in [0.29, 0.717) is 34.5 Å². The molecule has 3 aromatic heterocycles. The number of halogens is 1. The monoisotopic (exact) mass is 489 g/mol. The second kappa shape index (κ2) is 10.0. The van der Waals surface area contributed by atoms with Gasteiger partial charge in [-0.3, -0.25) is 14.3 Å². The summed E-state index contributed by atoms with van der Waals surface area (Å²) >= 11 is 0. The number of Topliss-reactive ketones (excluding diaryl/α,β-unsaturated/α-hetero) is 1. The highest BCUT2D eigenvalue weighted by atomic mass is 19.1. The van der Waals surface area contributed by atoms with Crippen LogP contribution in [-0.2, 0) is 23.1 Å².